The van der Waals surface area contributed by atoms with Crippen LogP contribution >= 0.6 is 0 Å². The first kappa shape index (κ1) is 31.4. The van der Waals surface area contributed by atoms with Crippen molar-refractivity contribution in [2.45, 2.75) is 62.3 Å². The van der Waals surface area contributed by atoms with Gasteiger partial charge in [0.25, 0.3) is 5.92 Å². The number of aliphatic hydroxyl groups excluding tert-OH is 6. The quantitative estimate of drug-likeness (QED) is 0.181. The number of rotatable bonds is 3. The molecule has 3 aliphatic heterocycles. The lowest BCUT2D eigenvalue weighted by molar-refractivity contribution is -0.151. The highest BCUT2D eigenvalue weighted by atomic mass is 19.3. The van der Waals surface area contributed by atoms with E-state index < -0.39 is 60.6 Å². The molecule has 0 spiro atoms. The van der Waals surface area contributed by atoms with Gasteiger partial charge >= 0.3 is 0 Å². The number of hydrogen-bond acceptors (Lipinski definition) is 11. The zero-order valence-electron chi connectivity index (χ0n) is 20.0. The molecule has 3 aliphatic rings. The molecule has 0 amide bonds. The maximum Gasteiger partial charge on any atom is 0.285 e. The first-order valence-electron chi connectivity index (χ1n) is 11.5. The summed E-state index contributed by atoms with van der Waals surface area (Å²) in [5.41, 5.74) is -2.06. The first-order chi connectivity index (χ1) is 15.6. The van der Waals surface area contributed by atoms with Crippen LogP contribution in [0.2, 0.25) is 0 Å². The number of β-amino-alcohol motifs (C(OH)–C–C–N with tert-alkyl or cyclic N) is 2. The molecule has 3 rings (SSSR count). The van der Waals surface area contributed by atoms with Gasteiger partial charge in [0, 0.05) is 63.7 Å². The summed E-state index contributed by atoms with van der Waals surface area (Å²) in [6, 6.07) is 0. The second kappa shape index (κ2) is 13.1. The van der Waals surface area contributed by atoms with Crippen molar-refractivity contribution >= 4 is 0 Å². The highest BCUT2D eigenvalue weighted by Gasteiger charge is 2.45. The van der Waals surface area contributed by atoms with Crippen LogP contribution in [0, 0.1) is 17.8 Å². The van der Waals surface area contributed by atoms with Crippen molar-refractivity contribution in [3.63, 3.8) is 0 Å². The lowest BCUT2D eigenvalue weighted by Crippen LogP contribution is -2.59. The average Bonchev–Trinajstić information content (AvgIpc) is 2.74. The minimum atomic E-state index is -3.11. The summed E-state index contributed by atoms with van der Waals surface area (Å²) in [5.74, 6) is -4.41. The molecule has 3 saturated heterocycles. The number of halogens is 2. The number of piperidine rings is 3. The molecular formula is C21H43F2N3O8. The predicted molar refractivity (Wildman–Crippen MR) is 119 cm³/mol. The molecule has 34 heavy (non-hydrogen) atoms. The highest BCUT2D eigenvalue weighted by molar-refractivity contribution is 4.94. The molecule has 0 aromatic rings. The van der Waals surface area contributed by atoms with E-state index in [4.69, 9.17) is 15.3 Å². The summed E-state index contributed by atoms with van der Waals surface area (Å²) in [6.07, 6.45) is -4.14. The Labute approximate surface area is 198 Å². The van der Waals surface area contributed by atoms with Crippen molar-refractivity contribution in [1.29, 1.82) is 0 Å². The molecule has 0 aromatic carbocycles. The topological polar surface area (TPSA) is 198 Å². The van der Waals surface area contributed by atoms with E-state index in [0.717, 1.165) is 0 Å². The summed E-state index contributed by atoms with van der Waals surface area (Å²) in [6.45, 7) is 5.95. The monoisotopic (exact) mass is 503 g/mol. The summed E-state index contributed by atoms with van der Waals surface area (Å²) < 4.78 is 25.2. The van der Waals surface area contributed by atoms with Crippen molar-refractivity contribution in [2.75, 3.05) is 52.5 Å². The van der Waals surface area contributed by atoms with Gasteiger partial charge in [-0.3, -0.25) is 0 Å². The van der Waals surface area contributed by atoms with E-state index >= 15 is 0 Å². The van der Waals surface area contributed by atoms with E-state index in [-0.39, 0.29) is 25.0 Å². The molecule has 3 heterocycles. The van der Waals surface area contributed by atoms with Crippen LogP contribution in [0.3, 0.4) is 0 Å². The standard InChI is InChI=1S/C8H17NO3.C7H15NO3.C6H11F2NO2/c1-8(2,12)5-3-9-4-6(10)7(5)11;1-7(11)4-8-2-5(3-9)6(7)10;7-6(8)3-9-1-4(2-10)5(6)11/h5-7,9-12H,3-4H2,1-2H3;5-6,8-11H,2-4H2,1H3;4-5,9-11H,1-3H2/t5-,6+,7+;5-,6-,7?;4-,5-/m011/s1. The highest BCUT2D eigenvalue weighted by Crippen LogP contribution is 2.26. The number of hydrogen-bond donors (Lipinski definition) is 11. The van der Waals surface area contributed by atoms with Crippen molar-refractivity contribution in [3.05, 3.63) is 0 Å². The zero-order chi connectivity index (χ0) is 26.3. The van der Waals surface area contributed by atoms with Gasteiger partial charge in [-0.15, -0.1) is 0 Å². The maximum atomic E-state index is 12.6. The summed E-state index contributed by atoms with van der Waals surface area (Å²) in [5, 5.41) is 82.0. The van der Waals surface area contributed by atoms with E-state index in [1.165, 1.54) is 0 Å². The van der Waals surface area contributed by atoms with Crippen LogP contribution in [0.4, 0.5) is 8.78 Å². The van der Waals surface area contributed by atoms with Gasteiger partial charge in [-0.05, 0) is 20.8 Å². The molecule has 11 N–H and O–H groups in total. The van der Waals surface area contributed by atoms with E-state index in [1.807, 2.05) is 0 Å². The van der Waals surface area contributed by atoms with Gasteiger partial charge in [-0.25, -0.2) is 8.78 Å². The van der Waals surface area contributed by atoms with Crippen LogP contribution < -0.4 is 16.0 Å². The van der Waals surface area contributed by atoms with Gasteiger partial charge in [0.1, 0.15) is 11.7 Å². The van der Waals surface area contributed by atoms with Gasteiger partial charge < -0.3 is 56.8 Å². The third-order valence-corrected chi connectivity index (χ3v) is 6.52. The Kier molecular flexibility index (Phi) is 12.1. The third kappa shape index (κ3) is 8.82. The van der Waals surface area contributed by atoms with Crippen LogP contribution in [0.1, 0.15) is 20.8 Å². The third-order valence-electron chi connectivity index (χ3n) is 6.52. The minimum Gasteiger partial charge on any atom is -0.396 e. The molecule has 13 heteroatoms. The Morgan fingerprint density at radius 2 is 1.32 bits per heavy atom. The largest absolute Gasteiger partial charge is 0.396 e. The van der Waals surface area contributed by atoms with Crippen molar-refractivity contribution < 1.29 is 49.6 Å². The predicted octanol–water partition coefficient (Wildman–Crippen LogP) is -3.80. The number of nitrogens with one attached hydrogen (secondary N) is 3. The van der Waals surface area contributed by atoms with Crippen LogP contribution in [-0.4, -0.2) is 135 Å². The van der Waals surface area contributed by atoms with Crippen molar-refractivity contribution in [1.82, 2.24) is 16.0 Å². The zero-order valence-corrected chi connectivity index (χ0v) is 20.0. The molecule has 11 nitrogen and oxygen atoms in total. The summed E-state index contributed by atoms with van der Waals surface area (Å²) in [4.78, 5) is 0. The fraction of sp³-hybridized carbons (Fsp3) is 1.00. The van der Waals surface area contributed by atoms with E-state index in [1.54, 1.807) is 20.8 Å². The van der Waals surface area contributed by atoms with E-state index in [0.29, 0.717) is 26.2 Å². The molecule has 204 valence electrons. The van der Waals surface area contributed by atoms with Crippen molar-refractivity contribution in [3.8, 4) is 0 Å². The lowest BCUT2D eigenvalue weighted by Gasteiger charge is -2.39. The molecule has 0 radical (unpaired) electrons. The van der Waals surface area contributed by atoms with Crippen LogP contribution in [0.5, 0.6) is 0 Å². The molecular weight excluding hydrogens is 460 g/mol. The molecule has 3 fully saturated rings. The first-order valence-corrected chi connectivity index (χ1v) is 11.5. The molecule has 0 saturated carbocycles. The number of aliphatic hydroxyl groups is 8. The second-order valence-electron chi connectivity index (χ2n) is 10.1. The van der Waals surface area contributed by atoms with Crippen LogP contribution in [0.25, 0.3) is 0 Å². The van der Waals surface area contributed by atoms with Crippen molar-refractivity contribution in [2.24, 2.45) is 17.8 Å². The summed E-state index contributed by atoms with van der Waals surface area (Å²) >= 11 is 0. The molecule has 1 unspecified atom stereocenters. The Bertz CT molecular complexity index is 565. The van der Waals surface area contributed by atoms with Gasteiger partial charge in [-0.1, -0.05) is 0 Å². The summed E-state index contributed by atoms with van der Waals surface area (Å²) in [7, 11) is 0. The van der Waals surface area contributed by atoms with Gasteiger partial charge in [0.2, 0.25) is 0 Å². The Balaban J connectivity index is 0.000000255. The maximum absolute atomic E-state index is 12.6. The Morgan fingerprint density at radius 1 is 0.824 bits per heavy atom. The van der Waals surface area contributed by atoms with E-state index in [2.05, 4.69) is 16.0 Å². The second-order valence-corrected chi connectivity index (χ2v) is 10.1. The normalized spacial score (nSPS) is 40.3. The van der Waals surface area contributed by atoms with Gasteiger partial charge in [0.15, 0.2) is 0 Å². The van der Waals surface area contributed by atoms with Gasteiger partial charge in [0.05, 0.1) is 30.5 Å². The molecule has 0 aromatic heterocycles. The average molecular weight is 504 g/mol. The molecule has 0 aliphatic carbocycles. The fourth-order valence-corrected chi connectivity index (χ4v) is 4.11. The van der Waals surface area contributed by atoms with Crippen LogP contribution in [-0.2, 0) is 0 Å². The Morgan fingerprint density at radius 3 is 1.74 bits per heavy atom. The molecule has 0 bridgehead atoms. The SMILES string of the molecule is CC(C)(O)[C@H]1CNC[C@@H](O)[C@@H]1O.CC1(O)CNC[C@H](CO)[C@H]1O.OC[C@H]1CNCC(F)(F)[C@@H]1O. The number of alkyl halides is 2. The van der Waals surface area contributed by atoms with Crippen LogP contribution in [0.15, 0.2) is 0 Å². The smallest absolute Gasteiger partial charge is 0.285 e. The fourth-order valence-electron chi connectivity index (χ4n) is 4.11. The lowest BCUT2D eigenvalue weighted by atomic mass is 9.81. The van der Waals surface area contributed by atoms with E-state index in [9.17, 15) is 34.3 Å². The Hall–Kier alpha value is -0.580. The minimum absolute atomic E-state index is 0.0929. The van der Waals surface area contributed by atoms with Gasteiger partial charge in [-0.2, -0.15) is 0 Å². The molecule has 8 atom stereocenters.